The van der Waals surface area contributed by atoms with Gasteiger partial charge in [-0.2, -0.15) is 12.6 Å². The van der Waals surface area contributed by atoms with E-state index in [2.05, 4.69) is 17.9 Å². The van der Waals surface area contributed by atoms with Gasteiger partial charge in [-0.3, -0.25) is 0 Å². The molecule has 0 aromatic heterocycles. The number of nitrogens with two attached hydrogens (primary N) is 1. The zero-order valence-electron chi connectivity index (χ0n) is 6.97. The fourth-order valence-corrected chi connectivity index (χ4v) is 1.49. The molecule has 0 aromatic carbocycles. The first-order valence-corrected chi connectivity index (χ1v) is 4.16. The van der Waals surface area contributed by atoms with Crippen molar-refractivity contribution in [3.63, 3.8) is 0 Å². The summed E-state index contributed by atoms with van der Waals surface area (Å²) in [4.78, 5) is 22.9. The standard InChI is InChI=1S/C6H11N3O3S/c1-9-4(7)3(13)2(5(10)11)8-6(9)12/h2-4,13H,7H2,1H3,(H,8,12)(H,10,11)/t2?,3-,4?/m0/s1. The minimum atomic E-state index is -1.13. The summed E-state index contributed by atoms with van der Waals surface area (Å²) in [5.41, 5.74) is 5.57. The Kier molecular flexibility index (Phi) is 2.67. The summed E-state index contributed by atoms with van der Waals surface area (Å²) >= 11 is 4.03. The van der Waals surface area contributed by atoms with E-state index < -0.39 is 29.5 Å². The average Bonchev–Trinajstić information content (AvgIpc) is 2.07. The van der Waals surface area contributed by atoms with Crippen molar-refractivity contribution in [2.24, 2.45) is 5.73 Å². The van der Waals surface area contributed by atoms with Crippen molar-refractivity contribution in [1.82, 2.24) is 10.2 Å². The zero-order chi connectivity index (χ0) is 10.2. The highest BCUT2D eigenvalue weighted by molar-refractivity contribution is 7.81. The molecule has 0 aliphatic carbocycles. The van der Waals surface area contributed by atoms with Gasteiger partial charge in [0.2, 0.25) is 0 Å². The van der Waals surface area contributed by atoms with Crippen molar-refractivity contribution in [3.8, 4) is 0 Å². The van der Waals surface area contributed by atoms with E-state index in [0.29, 0.717) is 0 Å². The Morgan fingerprint density at radius 2 is 2.31 bits per heavy atom. The number of nitrogens with zero attached hydrogens (tertiary/aromatic N) is 1. The van der Waals surface area contributed by atoms with Gasteiger partial charge in [-0.15, -0.1) is 0 Å². The van der Waals surface area contributed by atoms with Gasteiger partial charge < -0.3 is 21.1 Å². The number of carboxylic acid groups (broad SMARTS) is 1. The number of urea groups is 1. The Hall–Kier alpha value is -0.950. The molecule has 1 aliphatic rings. The van der Waals surface area contributed by atoms with Gasteiger partial charge in [0.1, 0.15) is 6.04 Å². The van der Waals surface area contributed by atoms with E-state index in [1.54, 1.807) is 0 Å². The first kappa shape index (κ1) is 10.1. The van der Waals surface area contributed by atoms with Crippen molar-refractivity contribution >= 4 is 24.6 Å². The largest absolute Gasteiger partial charge is 0.480 e. The molecule has 13 heavy (non-hydrogen) atoms. The fourth-order valence-electron chi connectivity index (χ4n) is 1.09. The molecular formula is C6H11N3O3S. The molecule has 6 nitrogen and oxygen atoms in total. The average molecular weight is 205 g/mol. The fraction of sp³-hybridized carbons (Fsp3) is 0.667. The second-order valence-electron chi connectivity index (χ2n) is 2.86. The summed E-state index contributed by atoms with van der Waals surface area (Å²) in [7, 11) is 1.49. The van der Waals surface area contributed by atoms with Gasteiger partial charge in [0.05, 0.1) is 11.4 Å². The van der Waals surface area contributed by atoms with Crippen LogP contribution >= 0.6 is 12.6 Å². The van der Waals surface area contributed by atoms with E-state index >= 15 is 0 Å². The van der Waals surface area contributed by atoms with Gasteiger partial charge in [-0.1, -0.05) is 0 Å². The van der Waals surface area contributed by atoms with Gasteiger partial charge in [0, 0.05) is 7.05 Å². The number of amides is 2. The lowest BCUT2D eigenvalue weighted by molar-refractivity contribution is -0.140. The molecular weight excluding hydrogens is 194 g/mol. The third-order valence-electron chi connectivity index (χ3n) is 2.00. The Bertz CT molecular complexity index is 247. The van der Waals surface area contributed by atoms with Gasteiger partial charge in [-0.05, 0) is 0 Å². The monoisotopic (exact) mass is 205 g/mol. The van der Waals surface area contributed by atoms with Crippen molar-refractivity contribution in [2.75, 3.05) is 7.05 Å². The number of aliphatic carboxylic acids is 1. The predicted molar refractivity (Wildman–Crippen MR) is 48.5 cm³/mol. The first-order chi connectivity index (χ1) is 5.95. The lowest BCUT2D eigenvalue weighted by atomic mass is 10.1. The summed E-state index contributed by atoms with van der Waals surface area (Å²) in [5, 5.41) is 10.4. The van der Waals surface area contributed by atoms with Gasteiger partial charge in [0.25, 0.3) is 0 Å². The van der Waals surface area contributed by atoms with Crippen molar-refractivity contribution < 1.29 is 14.7 Å². The summed E-state index contributed by atoms with van der Waals surface area (Å²) < 4.78 is 0. The molecule has 1 fully saturated rings. The normalized spacial score (nSPS) is 34.2. The Morgan fingerprint density at radius 3 is 2.77 bits per heavy atom. The highest BCUT2D eigenvalue weighted by Crippen LogP contribution is 2.14. The van der Waals surface area contributed by atoms with Crippen LogP contribution < -0.4 is 11.1 Å². The summed E-state index contributed by atoms with van der Waals surface area (Å²) in [6, 6.07) is -1.52. The lowest BCUT2D eigenvalue weighted by Crippen LogP contribution is -2.67. The molecule has 2 amide bonds. The maximum Gasteiger partial charge on any atom is 0.327 e. The Labute approximate surface area is 80.5 Å². The van der Waals surface area contributed by atoms with E-state index in [0.717, 1.165) is 0 Å². The topological polar surface area (TPSA) is 95.7 Å². The summed E-state index contributed by atoms with van der Waals surface area (Å²) in [6.45, 7) is 0. The van der Waals surface area contributed by atoms with Crippen molar-refractivity contribution in [2.45, 2.75) is 17.5 Å². The SMILES string of the molecule is CN1C(=O)NC(C(=O)O)[C@H](S)C1N. The van der Waals surface area contributed by atoms with Crippen LogP contribution in [-0.2, 0) is 4.79 Å². The van der Waals surface area contributed by atoms with Crippen LogP contribution in [-0.4, -0.2) is 46.5 Å². The van der Waals surface area contributed by atoms with E-state index in [1.165, 1.54) is 11.9 Å². The molecule has 0 radical (unpaired) electrons. The van der Waals surface area contributed by atoms with Crippen molar-refractivity contribution in [3.05, 3.63) is 0 Å². The van der Waals surface area contributed by atoms with Crippen LogP contribution in [0.4, 0.5) is 4.79 Å². The van der Waals surface area contributed by atoms with Crippen LogP contribution in [0.5, 0.6) is 0 Å². The van der Waals surface area contributed by atoms with E-state index in [1.807, 2.05) is 0 Å². The number of hydrogen-bond acceptors (Lipinski definition) is 4. The zero-order valence-corrected chi connectivity index (χ0v) is 7.86. The molecule has 74 valence electrons. The summed E-state index contributed by atoms with van der Waals surface area (Å²) in [6.07, 6.45) is -0.682. The molecule has 0 bridgehead atoms. The number of carbonyl (C=O) groups excluding carboxylic acids is 1. The smallest absolute Gasteiger partial charge is 0.327 e. The summed E-state index contributed by atoms with van der Waals surface area (Å²) in [5.74, 6) is -1.13. The molecule has 0 saturated carbocycles. The molecule has 1 rings (SSSR count). The number of carbonyl (C=O) groups is 2. The molecule has 7 heteroatoms. The van der Waals surface area contributed by atoms with Crippen LogP contribution in [0.1, 0.15) is 0 Å². The van der Waals surface area contributed by atoms with E-state index in [-0.39, 0.29) is 0 Å². The lowest BCUT2D eigenvalue weighted by Gasteiger charge is -2.38. The van der Waals surface area contributed by atoms with Gasteiger partial charge >= 0.3 is 12.0 Å². The number of hydrogen-bond donors (Lipinski definition) is 4. The molecule has 0 spiro atoms. The Morgan fingerprint density at radius 1 is 1.77 bits per heavy atom. The first-order valence-electron chi connectivity index (χ1n) is 3.65. The highest BCUT2D eigenvalue weighted by atomic mass is 32.1. The third-order valence-corrected chi connectivity index (χ3v) is 2.61. The minimum absolute atomic E-state index is 0.495. The van der Waals surface area contributed by atoms with Crippen LogP contribution in [0.3, 0.4) is 0 Å². The minimum Gasteiger partial charge on any atom is -0.480 e. The quantitative estimate of drug-likeness (QED) is 0.399. The maximum absolute atomic E-state index is 11.1. The van der Waals surface area contributed by atoms with Crippen LogP contribution in [0.25, 0.3) is 0 Å². The second-order valence-corrected chi connectivity index (χ2v) is 3.45. The Balaban J connectivity index is 2.82. The predicted octanol–water partition coefficient (Wildman–Crippen LogP) is -1.32. The number of rotatable bonds is 1. The molecule has 2 unspecified atom stereocenters. The van der Waals surface area contributed by atoms with E-state index in [9.17, 15) is 9.59 Å². The van der Waals surface area contributed by atoms with E-state index in [4.69, 9.17) is 10.8 Å². The molecule has 1 saturated heterocycles. The number of nitrogens with one attached hydrogen (secondary N) is 1. The molecule has 1 heterocycles. The van der Waals surface area contributed by atoms with Crippen LogP contribution in [0.15, 0.2) is 0 Å². The number of carboxylic acids is 1. The third kappa shape index (κ3) is 1.70. The second kappa shape index (κ2) is 3.43. The van der Waals surface area contributed by atoms with Crippen LogP contribution in [0.2, 0.25) is 0 Å². The molecule has 3 atom stereocenters. The molecule has 4 N–H and O–H groups in total. The molecule has 0 aromatic rings. The molecule has 1 aliphatic heterocycles. The van der Waals surface area contributed by atoms with Gasteiger partial charge in [-0.25, -0.2) is 9.59 Å². The van der Waals surface area contributed by atoms with Crippen molar-refractivity contribution in [1.29, 1.82) is 0 Å². The number of thiol groups is 1. The van der Waals surface area contributed by atoms with Gasteiger partial charge in [0.15, 0.2) is 0 Å². The highest BCUT2D eigenvalue weighted by Gasteiger charge is 2.39. The maximum atomic E-state index is 11.1. The van der Waals surface area contributed by atoms with Crippen LogP contribution in [0, 0.1) is 0 Å².